The topological polar surface area (TPSA) is 76.1 Å². The van der Waals surface area contributed by atoms with Gasteiger partial charge in [-0.1, -0.05) is 12.1 Å². The molecule has 0 atom stereocenters. The Morgan fingerprint density at radius 1 is 1.19 bits per heavy atom. The van der Waals surface area contributed by atoms with Crippen LogP contribution < -0.4 is 15.4 Å². The van der Waals surface area contributed by atoms with Crippen molar-refractivity contribution in [2.75, 3.05) is 10.6 Å². The lowest BCUT2D eigenvalue weighted by atomic mass is 10.3. The average molecular weight is 376 g/mol. The van der Waals surface area contributed by atoms with Gasteiger partial charge in [0.2, 0.25) is 0 Å². The first kappa shape index (κ1) is 17.7. The van der Waals surface area contributed by atoms with E-state index in [1.54, 1.807) is 17.5 Å². The van der Waals surface area contributed by atoms with E-state index in [9.17, 15) is 13.6 Å². The van der Waals surface area contributed by atoms with E-state index < -0.39 is 12.5 Å². The number of aryl methyl sites for hydroxylation is 1. The third-order valence-electron chi connectivity index (χ3n) is 3.18. The van der Waals surface area contributed by atoms with Gasteiger partial charge < -0.3 is 15.4 Å². The van der Waals surface area contributed by atoms with Crippen molar-refractivity contribution in [1.29, 1.82) is 0 Å². The summed E-state index contributed by atoms with van der Waals surface area (Å²) < 4.78 is 28.8. The largest absolute Gasteiger partial charge is 0.435 e. The second-order valence-corrected chi connectivity index (χ2v) is 6.05. The number of ether oxygens (including phenoxy) is 1. The third-order valence-corrected chi connectivity index (χ3v) is 3.93. The number of aromatic nitrogens is 2. The zero-order valence-corrected chi connectivity index (χ0v) is 14.4. The SMILES string of the molecule is Cc1cccc(Nc2nc(C(=O)Nc3cccc(OC(F)F)c3)cs2)n1. The summed E-state index contributed by atoms with van der Waals surface area (Å²) in [4.78, 5) is 20.8. The minimum atomic E-state index is -2.93. The number of carbonyl (C=O) groups is 1. The number of anilines is 3. The van der Waals surface area contributed by atoms with Gasteiger partial charge in [-0.2, -0.15) is 8.78 Å². The molecule has 0 saturated heterocycles. The van der Waals surface area contributed by atoms with E-state index in [4.69, 9.17) is 0 Å². The fourth-order valence-corrected chi connectivity index (χ4v) is 2.80. The monoisotopic (exact) mass is 376 g/mol. The first-order valence-corrected chi connectivity index (χ1v) is 8.40. The number of halogens is 2. The second kappa shape index (κ2) is 7.87. The molecule has 2 heterocycles. The standard InChI is InChI=1S/C17H14F2N4O2S/c1-10-4-2-7-14(20-10)23-17-22-13(9-26-17)15(24)21-11-5-3-6-12(8-11)25-16(18)19/h2-9,16H,1H3,(H,21,24)(H,20,22,23). The molecular weight excluding hydrogens is 362 g/mol. The number of rotatable bonds is 6. The fraction of sp³-hybridized carbons (Fsp3) is 0.118. The van der Waals surface area contributed by atoms with Crippen LogP contribution in [0.2, 0.25) is 0 Å². The van der Waals surface area contributed by atoms with Crippen LogP contribution in [0.15, 0.2) is 47.8 Å². The molecule has 9 heteroatoms. The summed E-state index contributed by atoms with van der Waals surface area (Å²) in [5.74, 6) is 0.132. The van der Waals surface area contributed by atoms with Crippen LogP contribution in [0, 0.1) is 6.92 Å². The van der Waals surface area contributed by atoms with Crippen molar-refractivity contribution in [3.63, 3.8) is 0 Å². The molecule has 2 aromatic heterocycles. The molecule has 1 aromatic carbocycles. The number of thiazole rings is 1. The lowest BCUT2D eigenvalue weighted by Gasteiger charge is -2.07. The molecule has 1 amide bonds. The summed E-state index contributed by atoms with van der Waals surface area (Å²) in [6.07, 6.45) is 0. The number of hydrogen-bond donors (Lipinski definition) is 2. The Kier molecular flexibility index (Phi) is 5.37. The van der Waals surface area contributed by atoms with Gasteiger partial charge >= 0.3 is 6.61 Å². The van der Waals surface area contributed by atoms with Crippen LogP contribution in [0.1, 0.15) is 16.2 Å². The van der Waals surface area contributed by atoms with Crippen LogP contribution in [0.3, 0.4) is 0 Å². The second-order valence-electron chi connectivity index (χ2n) is 5.19. The molecule has 0 unspecified atom stereocenters. The maximum absolute atomic E-state index is 12.3. The van der Waals surface area contributed by atoms with Gasteiger partial charge in [0.15, 0.2) is 5.13 Å². The highest BCUT2D eigenvalue weighted by atomic mass is 32.1. The zero-order valence-electron chi connectivity index (χ0n) is 13.6. The van der Waals surface area contributed by atoms with E-state index in [1.807, 2.05) is 19.1 Å². The van der Waals surface area contributed by atoms with Gasteiger partial charge in [0.05, 0.1) is 0 Å². The van der Waals surface area contributed by atoms with Crippen LogP contribution in [0.5, 0.6) is 5.75 Å². The molecule has 0 fully saturated rings. The third kappa shape index (κ3) is 4.73. The summed E-state index contributed by atoms with van der Waals surface area (Å²) in [7, 11) is 0. The van der Waals surface area contributed by atoms with Crippen LogP contribution in [-0.4, -0.2) is 22.5 Å². The number of nitrogens with zero attached hydrogens (tertiary/aromatic N) is 2. The number of benzene rings is 1. The zero-order chi connectivity index (χ0) is 18.5. The Balaban J connectivity index is 1.66. The molecule has 3 aromatic rings. The molecule has 0 aliphatic rings. The first-order chi connectivity index (χ1) is 12.5. The normalized spacial score (nSPS) is 10.6. The molecule has 2 N–H and O–H groups in total. The molecule has 134 valence electrons. The lowest BCUT2D eigenvalue weighted by Crippen LogP contribution is -2.12. The first-order valence-electron chi connectivity index (χ1n) is 7.52. The molecule has 26 heavy (non-hydrogen) atoms. The summed E-state index contributed by atoms with van der Waals surface area (Å²) in [5, 5.41) is 7.73. The summed E-state index contributed by atoms with van der Waals surface area (Å²) in [5.41, 5.74) is 1.39. The van der Waals surface area contributed by atoms with Crippen molar-refractivity contribution >= 4 is 33.9 Å². The fourth-order valence-electron chi connectivity index (χ4n) is 2.10. The molecule has 0 aliphatic heterocycles. The predicted octanol–water partition coefficient (Wildman–Crippen LogP) is 4.44. The Hall–Kier alpha value is -3.07. The molecule has 0 saturated carbocycles. The van der Waals surface area contributed by atoms with Crippen molar-refractivity contribution in [3.8, 4) is 5.75 Å². The van der Waals surface area contributed by atoms with Crippen molar-refractivity contribution < 1.29 is 18.3 Å². The van der Waals surface area contributed by atoms with E-state index in [-0.39, 0.29) is 11.4 Å². The Labute approximate surface area is 151 Å². The van der Waals surface area contributed by atoms with Gasteiger partial charge in [-0.15, -0.1) is 11.3 Å². The Morgan fingerprint density at radius 2 is 2.00 bits per heavy atom. The molecule has 3 rings (SSSR count). The van der Waals surface area contributed by atoms with E-state index in [1.165, 1.54) is 29.5 Å². The molecule has 0 bridgehead atoms. The number of amides is 1. The number of hydrogen-bond acceptors (Lipinski definition) is 6. The highest BCUT2D eigenvalue weighted by molar-refractivity contribution is 7.14. The minimum absolute atomic E-state index is 0.0380. The van der Waals surface area contributed by atoms with Crippen molar-refractivity contribution in [3.05, 3.63) is 59.2 Å². The number of pyridine rings is 1. The van der Waals surface area contributed by atoms with E-state index in [2.05, 4.69) is 25.3 Å². The van der Waals surface area contributed by atoms with Crippen molar-refractivity contribution in [2.45, 2.75) is 13.5 Å². The van der Waals surface area contributed by atoms with Crippen molar-refractivity contribution in [2.24, 2.45) is 0 Å². The Bertz CT molecular complexity index is 917. The van der Waals surface area contributed by atoms with Gasteiger partial charge in [-0.3, -0.25) is 4.79 Å². The van der Waals surface area contributed by atoms with Crippen LogP contribution in [-0.2, 0) is 0 Å². The van der Waals surface area contributed by atoms with E-state index in [0.717, 1.165) is 5.69 Å². The van der Waals surface area contributed by atoms with Gasteiger partial charge in [0, 0.05) is 22.8 Å². The molecule has 0 radical (unpaired) electrons. The highest BCUT2D eigenvalue weighted by Gasteiger charge is 2.12. The van der Waals surface area contributed by atoms with Gasteiger partial charge in [-0.25, -0.2) is 9.97 Å². The maximum Gasteiger partial charge on any atom is 0.387 e. The predicted molar refractivity (Wildman–Crippen MR) is 95.4 cm³/mol. The van der Waals surface area contributed by atoms with Gasteiger partial charge in [0.25, 0.3) is 5.91 Å². The van der Waals surface area contributed by atoms with Crippen LogP contribution >= 0.6 is 11.3 Å². The number of alkyl halides is 2. The van der Waals surface area contributed by atoms with E-state index >= 15 is 0 Å². The molecule has 0 aliphatic carbocycles. The molecule has 0 spiro atoms. The molecule has 6 nitrogen and oxygen atoms in total. The summed E-state index contributed by atoms with van der Waals surface area (Å²) in [6.45, 7) is -1.05. The summed E-state index contributed by atoms with van der Waals surface area (Å²) in [6, 6.07) is 11.3. The summed E-state index contributed by atoms with van der Waals surface area (Å²) >= 11 is 1.25. The quantitative estimate of drug-likeness (QED) is 0.665. The number of nitrogens with one attached hydrogen (secondary N) is 2. The maximum atomic E-state index is 12.3. The van der Waals surface area contributed by atoms with Gasteiger partial charge in [0.1, 0.15) is 17.3 Å². The lowest BCUT2D eigenvalue weighted by molar-refractivity contribution is -0.0497. The van der Waals surface area contributed by atoms with E-state index in [0.29, 0.717) is 16.6 Å². The van der Waals surface area contributed by atoms with Gasteiger partial charge in [-0.05, 0) is 31.2 Å². The Morgan fingerprint density at radius 3 is 2.77 bits per heavy atom. The van der Waals surface area contributed by atoms with Crippen molar-refractivity contribution in [1.82, 2.24) is 9.97 Å². The highest BCUT2D eigenvalue weighted by Crippen LogP contribution is 2.22. The average Bonchev–Trinajstić information content (AvgIpc) is 3.03. The van der Waals surface area contributed by atoms with Crippen LogP contribution in [0.4, 0.5) is 25.4 Å². The molecular formula is C17H14F2N4O2S. The van der Waals surface area contributed by atoms with Crippen LogP contribution in [0.25, 0.3) is 0 Å². The minimum Gasteiger partial charge on any atom is -0.435 e. The number of carbonyl (C=O) groups excluding carboxylic acids is 1. The smallest absolute Gasteiger partial charge is 0.387 e.